The van der Waals surface area contributed by atoms with Crippen molar-refractivity contribution < 1.29 is 25.2 Å². The molecule has 1 aliphatic heterocycles. The molecule has 0 amide bonds. The maximum absolute atomic E-state index is 12.5. The summed E-state index contributed by atoms with van der Waals surface area (Å²) in [5, 5.41) is 47.4. The summed E-state index contributed by atoms with van der Waals surface area (Å²) in [7, 11) is 1.65. The lowest BCUT2D eigenvalue weighted by Crippen LogP contribution is -2.81. The number of ether oxygens (including phenoxy) is 1. The molecule has 6 rings (SSSR count). The molecule has 5 aliphatic carbocycles. The predicted molar refractivity (Wildman–Crippen MR) is 101 cm³/mol. The summed E-state index contributed by atoms with van der Waals surface area (Å²) in [6, 6.07) is -0.0290. The van der Waals surface area contributed by atoms with Gasteiger partial charge in [0.2, 0.25) is 0 Å². The predicted octanol–water partition coefficient (Wildman–Crippen LogP) is 0.365. The van der Waals surface area contributed by atoms with E-state index in [-0.39, 0.29) is 35.3 Å². The highest BCUT2D eigenvalue weighted by atomic mass is 16.5. The highest BCUT2D eigenvalue weighted by Crippen LogP contribution is 2.79. The van der Waals surface area contributed by atoms with E-state index in [9.17, 15) is 20.4 Å². The number of likely N-dealkylation sites (tertiary alicyclic amines) is 1. The number of fused-ring (bicyclic) bond motifs is 2. The minimum Gasteiger partial charge on any atom is -0.392 e. The van der Waals surface area contributed by atoms with E-state index in [0.717, 1.165) is 25.9 Å². The van der Waals surface area contributed by atoms with Gasteiger partial charge in [0.15, 0.2) is 0 Å². The molecule has 12 atom stereocenters. The first kappa shape index (κ1) is 18.5. The van der Waals surface area contributed by atoms with E-state index in [1.54, 1.807) is 7.11 Å². The van der Waals surface area contributed by atoms with Gasteiger partial charge in [0.25, 0.3) is 0 Å². The van der Waals surface area contributed by atoms with Crippen molar-refractivity contribution >= 4 is 0 Å². The van der Waals surface area contributed by atoms with E-state index < -0.39 is 34.7 Å². The summed E-state index contributed by atoms with van der Waals surface area (Å²) in [5.41, 5.74) is -3.02. The Bertz CT molecular complexity index is 719. The van der Waals surface area contributed by atoms with Crippen LogP contribution in [0.25, 0.3) is 0 Å². The lowest BCUT2D eigenvalue weighted by Gasteiger charge is -2.71. The molecule has 6 nitrogen and oxygen atoms in total. The fourth-order valence-corrected chi connectivity index (χ4v) is 10.1. The molecule has 1 saturated heterocycles. The first-order valence-corrected chi connectivity index (χ1v) is 11.3. The second kappa shape index (κ2) is 5.14. The van der Waals surface area contributed by atoms with E-state index in [1.807, 2.05) is 0 Å². The van der Waals surface area contributed by atoms with Crippen LogP contribution in [0.4, 0.5) is 0 Å². The Hall–Kier alpha value is -0.240. The van der Waals surface area contributed by atoms with Gasteiger partial charge in [-0.25, -0.2) is 0 Å². The number of rotatable bonds is 2. The summed E-state index contributed by atoms with van der Waals surface area (Å²) in [6.07, 6.45) is 1.79. The quantitative estimate of drug-likeness (QED) is 0.542. The lowest BCUT2D eigenvalue weighted by molar-refractivity contribution is -0.321. The zero-order chi connectivity index (χ0) is 19.9. The van der Waals surface area contributed by atoms with Gasteiger partial charge in [-0.3, -0.25) is 4.90 Å². The van der Waals surface area contributed by atoms with Gasteiger partial charge in [-0.2, -0.15) is 0 Å². The van der Waals surface area contributed by atoms with Crippen molar-refractivity contribution in [3.8, 4) is 0 Å². The topological polar surface area (TPSA) is 93.4 Å². The Morgan fingerprint density at radius 1 is 1.18 bits per heavy atom. The molecule has 28 heavy (non-hydrogen) atoms. The van der Waals surface area contributed by atoms with Crippen molar-refractivity contribution in [3.63, 3.8) is 0 Å². The maximum atomic E-state index is 12.5. The molecule has 158 valence electrons. The Kier molecular flexibility index (Phi) is 3.40. The van der Waals surface area contributed by atoms with E-state index in [2.05, 4.69) is 18.7 Å². The zero-order valence-corrected chi connectivity index (χ0v) is 17.2. The van der Waals surface area contributed by atoms with Crippen LogP contribution in [0.15, 0.2) is 0 Å². The molecule has 7 bridgehead atoms. The molecule has 4 N–H and O–H groups in total. The number of hydrogen-bond acceptors (Lipinski definition) is 6. The molecule has 0 unspecified atom stereocenters. The fraction of sp³-hybridized carbons (Fsp3) is 1.00. The smallest absolute Gasteiger partial charge is 0.0831 e. The standard InChI is InChI=1S/C22H35NO5/c1-4-23-10-19(2)6-5-15(24)22-14(19)7-12(18(22)23)20(26)9-13(28-3)11-8-21(22,27)17(20)16(11)25/h11-18,24-27H,4-10H2,1-3H3/t11-,12+,13-,14+,15-,16-,17+,18+,19-,20-,21-,22-/m0/s1. The number of aliphatic hydroxyl groups is 4. The molecule has 5 saturated carbocycles. The van der Waals surface area contributed by atoms with Crippen molar-refractivity contribution in [3.05, 3.63) is 0 Å². The third kappa shape index (κ3) is 1.59. The van der Waals surface area contributed by atoms with Crippen molar-refractivity contribution in [1.29, 1.82) is 0 Å². The van der Waals surface area contributed by atoms with Crippen LogP contribution in [0.5, 0.6) is 0 Å². The van der Waals surface area contributed by atoms with Gasteiger partial charge in [-0.05, 0) is 43.6 Å². The van der Waals surface area contributed by atoms with Gasteiger partial charge in [-0.1, -0.05) is 13.8 Å². The average molecular weight is 394 g/mol. The van der Waals surface area contributed by atoms with E-state index in [0.29, 0.717) is 19.3 Å². The number of methoxy groups -OCH3 is 1. The Morgan fingerprint density at radius 2 is 1.93 bits per heavy atom. The monoisotopic (exact) mass is 393 g/mol. The molecule has 0 aromatic heterocycles. The summed E-state index contributed by atoms with van der Waals surface area (Å²) in [5.74, 6) is -0.613. The minimum absolute atomic E-state index is 0.0290. The first-order chi connectivity index (χ1) is 13.2. The van der Waals surface area contributed by atoms with Crippen LogP contribution < -0.4 is 0 Å². The average Bonchev–Trinajstić information content (AvgIpc) is 3.07. The molecule has 0 aromatic rings. The molecular formula is C22H35NO5. The molecule has 6 heteroatoms. The number of piperidine rings is 1. The number of nitrogens with zero attached hydrogens (tertiary/aromatic N) is 1. The van der Waals surface area contributed by atoms with Crippen LogP contribution >= 0.6 is 0 Å². The van der Waals surface area contributed by atoms with Crippen LogP contribution in [-0.2, 0) is 4.74 Å². The van der Waals surface area contributed by atoms with Crippen LogP contribution in [0.2, 0.25) is 0 Å². The van der Waals surface area contributed by atoms with Gasteiger partial charge in [0, 0.05) is 49.3 Å². The maximum Gasteiger partial charge on any atom is 0.0831 e. The SMILES string of the molecule is CCN1C[C@]2(C)CC[C@H](O)[C@@]34[C@@H]2C[C@H]([C@@H]13)[C@@]1(O)C[C@H](OC)[C@@H]2C[C@]4(O)[C@@H]1[C@H]2O. The van der Waals surface area contributed by atoms with E-state index >= 15 is 0 Å². The molecule has 0 radical (unpaired) electrons. The fourth-order valence-electron chi connectivity index (χ4n) is 10.1. The molecule has 1 spiro atoms. The van der Waals surface area contributed by atoms with Crippen molar-refractivity contribution in [1.82, 2.24) is 4.90 Å². The summed E-state index contributed by atoms with van der Waals surface area (Å²) >= 11 is 0. The zero-order valence-electron chi connectivity index (χ0n) is 17.2. The van der Waals surface area contributed by atoms with Crippen molar-refractivity contribution in [2.24, 2.45) is 34.5 Å². The summed E-state index contributed by atoms with van der Waals surface area (Å²) < 4.78 is 5.72. The van der Waals surface area contributed by atoms with Gasteiger partial charge in [0.1, 0.15) is 0 Å². The molecule has 6 aliphatic rings. The number of aliphatic hydroxyl groups excluding tert-OH is 2. The van der Waals surface area contributed by atoms with Gasteiger partial charge >= 0.3 is 0 Å². The lowest BCUT2D eigenvalue weighted by atomic mass is 9.42. The molecular weight excluding hydrogens is 358 g/mol. The summed E-state index contributed by atoms with van der Waals surface area (Å²) in [4.78, 5) is 2.45. The second-order valence-electron chi connectivity index (χ2n) is 11.3. The Balaban J connectivity index is 1.64. The van der Waals surface area contributed by atoms with Crippen LogP contribution in [0.3, 0.4) is 0 Å². The third-order valence-corrected chi connectivity index (χ3v) is 10.8. The largest absolute Gasteiger partial charge is 0.392 e. The normalized spacial score (nSPS) is 67.0. The summed E-state index contributed by atoms with van der Waals surface area (Å²) in [6.45, 7) is 6.31. The first-order valence-electron chi connectivity index (χ1n) is 11.3. The van der Waals surface area contributed by atoms with Crippen LogP contribution in [-0.4, -0.2) is 81.1 Å². The highest BCUT2D eigenvalue weighted by Gasteiger charge is 2.87. The minimum atomic E-state index is -1.25. The highest BCUT2D eigenvalue weighted by molar-refractivity contribution is 5.37. The van der Waals surface area contributed by atoms with E-state index in [4.69, 9.17) is 4.74 Å². The Morgan fingerprint density at radius 3 is 2.61 bits per heavy atom. The molecule has 1 heterocycles. The number of hydrogen-bond donors (Lipinski definition) is 4. The third-order valence-electron chi connectivity index (χ3n) is 10.8. The van der Waals surface area contributed by atoms with Crippen molar-refractivity contribution in [2.45, 2.75) is 81.5 Å². The molecule has 6 fully saturated rings. The van der Waals surface area contributed by atoms with Gasteiger partial charge < -0.3 is 25.2 Å². The van der Waals surface area contributed by atoms with Crippen LogP contribution in [0.1, 0.15) is 46.0 Å². The van der Waals surface area contributed by atoms with Gasteiger partial charge in [-0.15, -0.1) is 0 Å². The van der Waals surface area contributed by atoms with E-state index in [1.165, 1.54) is 0 Å². The molecule has 0 aromatic carbocycles. The van der Waals surface area contributed by atoms with Crippen molar-refractivity contribution in [2.75, 3.05) is 20.2 Å². The van der Waals surface area contributed by atoms with Gasteiger partial charge in [0.05, 0.1) is 29.5 Å². The Labute approximate surface area is 166 Å². The van der Waals surface area contributed by atoms with Crippen LogP contribution in [0, 0.1) is 34.5 Å². The second-order valence-corrected chi connectivity index (χ2v) is 11.3.